The number of hydrogen-bond donors (Lipinski definition) is 2. The molecule has 0 bridgehead atoms. The Hall–Kier alpha value is -3.29. The number of nitrogens with zero attached hydrogens (tertiary/aromatic N) is 1. The van der Waals surface area contributed by atoms with Crippen LogP contribution in [0.1, 0.15) is 42.7 Å². The maximum absolute atomic E-state index is 12.7. The van der Waals surface area contributed by atoms with Crippen molar-refractivity contribution in [2.24, 2.45) is 0 Å². The summed E-state index contributed by atoms with van der Waals surface area (Å²) in [6.07, 6.45) is 0. The summed E-state index contributed by atoms with van der Waals surface area (Å²) in [5, 5.41) is 12.2. The summed E-state index contributed by atoms with van der Waals surface area (Å²) in [6.45, 7) is 5.20. The first-order valence-corrected chi connectivity index (χ1v) is 11.1. The van der Waals surface area contributed by atoms with Gasteiger partial charge in [0.1, 0.15) is 6.04 Å². The van der Waals surface area contributed by atoms with Gasteiger partial charge in [0, 0.05) is 11.1 Å². The molecule has 0 spiro atoms. The molecule has 2 N–H and O–H groups in total. The minimum atomic E-state index is -3.73. The maximum Gasteiger partial charge on any atom is 0.252 e. The van der Waals surface area contributed by atoms with E-state index >= 15 is 0 Å². The van der Waals surface area contributed by atoms with Crippen LogP contribution in [0.15, 0.2) is 41.3 Å². The van der Waals surface area contributed by atoms with Gasteiger partial charge in [-0.2, -0.15) is 5.26 Å². The Labute approximate surface area is 188 Å². The normalized spacial score (nSPS) is 12.4. The molecule has 10 heteroatoms. The van der Waals surface area contributed by atoms with Crippen molar-refractivity contribution < 1.29 is 27.4 Å². The zero-order valence-electron chi connectivity index (χ0n) is 18.8. The Morgan fingerprint density at radius 2 is 1.53 bits per heavy atom. The number of methoxy groups -OCH3 is 3. The van der Waals surface area contributed by atoms with Gasteiger partial charge < -0.3 is 19.5 Å². The quantitative estimate of drug-likeness (QED) is 0.619. The van der Waals surface area contributed by atoms with Crippen LogP contribution in [0, 0.1) is 11.3 Å². The highest BCUT2D eigenvalue weighted by molar-refractivity contribution is 7.89. The zero-order valence-corrected chi connectivity index (χ0v) is 19.7. The third-order valence-corrected chi connectivity index (χ3v) is 6.07. The molecule has 0 aliphatic heterocycles. The summed E-state index contributed by atoms with van der Waals surface area (Å²) >= 11 is 0. The van der Waals surface area contributed by atoms with Crippen molar-refractivity contribution in [1.29, 1.82) is 5.26 Å². The average Bonchev–Trinajstić information content (AvgIpc) is 2.74. The predicted molar refractivity (Wildman–Crippen MR) is 118 cm³/mol. The first kappa shape index (κ1) is 25.0. The highest BCUT2D eigenvalue weighted by atomic mass is 32.2. The van der Waals surface area contributed by atoms with Crippen molar-refractivity contribution in [2.45, 2.75) is 37.2 Å². The van der Waals surface area contributed by atoms with E-state index in [-0.39, 0.29) is 10.5 Å². The second-order valence-electron chi connectivity index (χ2n) is 7.87. The van der Waals surface area contributed by atoms with Crippen molar-refractivity contribution in [2.75, 3.05) is 21.3 Å². The molecule has 9 nitrogen and oxygen atoms in total. The molecular weight excluding hydrogens is 434 g/mol. The van der Waals surface area contributed by atoms with Gasteiger partial charge in [-0.3, -0.25) is 4.79 Å². The van der Waals surface area contributed by atoms with Crippen molar-refractivity contribution in [3.63, 3.8) is 0 Å². The van der Waals surface area contributed by atoms with E-state index in [4.69, 9.17) is 14.2 Å². The van der Waals surface area contributed by atoms with Gasteiger partial charge in [-0.15, -0.1) is 0 Å². The van der Waals surface area contributed by atoms with Crippen LogP contribution in [-0.4, -0.2) is 41.2 Å². The smallest absolute Gasteiger partial charge is 0.252 e. The number of nitriles is 1. The van der Waals surface area contributed by atoms with Gasteiger partial charge in [-0.05, 0) is 62.7 Å². The topological polar surface area (TPSA) is 127 Å². The van der Waals surface area contributed by atoms with Gasteiger partial charge in [0.25, 0.3) is 5.91 Å². The summed E-state index contributed by atoms with van der Waals surface area (Å²) < 4.78 is 43.3. The lowest BCUT2D eigenvalue weighted by Gasteiger charge is -2.20. The Morgan fingerprint density at radius 1 is 1.00 bits per heavy atom. The maximum atomic E-state index is 12.7. The Morgan fingerprint density at radius 3 is 1.94 bits per heavy atom. The molecule has 0 heterocycles. The fourth-order valence-corrected chi connectivity index (χ4v) is 4.34. The van der Waals surface area contributed by atoms with Crippen LogP contribution in [0.25, 0.3) is 0 Å². The molecule has 1 atom stereocenters. The lowest BCUT2D eigenvalue weighted by Crippen LogP contribution is -2.40. The Kier molecular flexibility index (Phi) is 7.72. The van der Waals surface area contributed by atoms with Gasteiger partial charge in [0.2, 0.25) is 15.8 Å². The van der Waals surface area contributed by atoms with E-state index in [1.807, 2.05) is 6.07 Å². The second-order valence-corrected chi connectivity index (χ2v) is 9.56. The van der Waals surface area contributed by atoms with Gasteiger partial charge in [-0.25, -0.2) is 13.1 Å². The summed E-state index contributed by atoms with van der Waals surface area (Å²) in [7, 11) is 0.635. The summed E-state index contributed by atoms with van der Waals surface area (Å²) in [4.78, 5) is 12.7. The van der Waals surface area contributed by atoms with Crippen LogP contribution < -0.4 is 24.2 Å². The molecule has 2 aromatic carbocycles. The molecule has 172 valence electrons. The number of hydrogen-bond acceptors (Lipinski definition) is 7. The minimum absolute atomic E-state index is 0.0328. The molecule has 0 aliphatic carbocycles. The van der Waals surface area contributed by atoms with Crippen molar-refractivity contribution in [3.8, 4) is 23.3 Å². The Bertz CT molecular complexity index is 1090. The molecule has 0 saturated heterocycles. The molecule has 0 fully saturated rings. The third kappa shape index (κ3) is 5.90. The molecule has 0 aliphatic rings. The lowest BCUT2D eigenvalue weighted by atomic mass is 10.1. The van der Waals surface area contributed by atoms with Gasteiger partial charge >= 0.3 is 0 Å². The molecule has 0 aromatic heterocycles. The van der Waals surface area contributed by atoms with Crippen LogP contribution in [0.2, 0.25) is 0 Å². The monoisotopic (exact) mass is 461 g/mol. The number of carbonyl (C=O) groups is 1. The van der Waals surface area contributed by atoms with E-state index in [0.717, 1.165) is 0 Å². The summed E-state index contributed by atoms with van der Waals surface area (Å²) in [6, 6.07) is 9.61. The number of rotatable bonds is 8. The second kappa shape index (κ2) is 9.89. The van der Waals surface area contributed by atoms with Crippen LogP contribution in [0.3, 0.4) is 0 Å². The van der Waals surface area contributed by atoms with Crippen LogP contribution in [-0.2, 0) is 10.0 Å². The fraction of sp³-hybridized carbons (Fsp3) is 0.364. The van der Waals surface area contributed by atoms with E-state index < -0.39 is 27.5 Å². The molecule has 2 rings (SSSR count). The van der Waals surface area contributed by atoms with Gasteiger partial charge in [0.15, 0.2) is 11.5 Å². The highest BCUT2D eigenvalue weighted by Gasteiger charge is 2.23. The molecule has 0 saturated carbocycles. The molecule has 2 aromatic rings. The molecule has 32 heavy (non-hydrogen) atoms. The SMILES string of the molecule is COc1cc(C(C#N)NC(=O)c2ccc(S(=O)(=O)NC(C)(C)C)cc2)cc(OC)c1OC. The summed E-state index contributed by atoms with van der Waals surface area (Å²) in [5.74, 6) is 0.509. The standard InChI is InChI=1S/C22H27N3O6S/c1-22(2,3)25-32(27,28)16-9-7-14(8-10-16)21(26)24-17(13-23)15-11-18(29-4)20(31-6)19(12-15)30-5/h7-12,17,25H,1-6H3,(H,24,26). The van der Waals surface area contributed by atoms with E-state index in [1.165, 1.54) is 45.6 Å². The van der Waals surface area contributed by atoms with Crippen LogP contribution in [0.4, 0.5) is 0 Å². The van der Waals surface area contributed by atoms with Gasteiger partial charge in [-0.1, -0.05) is 0 Å². The lowest BCUT2D eigenvalue weighted by molar-refractivity contribution is 0.0945. The number of sulfonamides is 1. The average molecular weight is 462 g/mol. The first-order valence-electron chi connectivity index (χ1n) is 9.60. The van der Waals surface area contributed by atoms with E-state index in [1.54, 1.807) is 32.9 Å². The number of nitrogens with one attached hydrogen (secondary N) is 2. The number of ether oxygens (including phenoxy) is 3. The molecular formula is C22H27N3O6S. The van der Waals surface area contributed by atoms with Gasteiger partial charge in [0.05, 0.1) is 32.3 Å². The summed E-state index contributed by atoms with van der Waals surface area (Å²) in [5.41, 5.74) is -0.00799. The minimum Gasteiger partial charge on any atom is -0.493 e. The van der Waals surface area contributed by atoms with Crippen LogP contribution in [0.5, 0.6) is 17.2 Å². The molecule has 1 amide bonds. The number of carbonyl (C=O) groups excluding carboxylic acids is 1. The molecule has 0 radical (unpaired) electrons. The van der Waals surface area contributed by atoms with Crippen molar-refractivity contribution in [1.82, 2.24) is 10.0 Å². The number of amides is 1. The highest BCUT2D eigenvalue weighted by Crippen LogP contribution is 2.39. The largest absolute Gasteiger partial charge is 0.493 e. The van der Waals surface area contributed by atoms with E-state index in [0.29, 0.717) is 22.8 Å². The zero-order chi connectivity index (χ0) is 24.1. The first-order chi connectivity index (χ1) is 15.0. The van der Waals surface area contributed by atoms with Crippen molar-refractivity contribution >= 4 is 15.9 Å². The Balaban J connectivity index is 2.27. The van der Waals surface area contributed by atoms with E-state index in [9.17, 15) is 18.5 Å². The predicted octanol–water partition coefficient (Wildman–Crippen LogP) is 2.78. The molecule has 1 unspecified atom stereocenters. The van der Waals surface area contributed by atoms with Crippen molar-refractivity contribution in [3.05, 3.63) is 47.5 Å². The fourth-order valence-electron chi connectivity index (χ4n) is 2.92. The van der Waals surface area contributed by atoms with Crippen LogP contribution >= 0.6 is 0 Å². The third-order valence-electron chi connectivity index (χ3n) is 4.29. The number of benzene rings is 2. The van der Waals surface area contributed by atoms with E-state index in [2.05, 4.69) is 10.0 Å².